The lowest BCUT2D eigenvalue weighted by molar-refractivity contribution is 0.415. The molecule has 0 aliphatic rings. The molecule has 0 atom stereocenters. The minimum absolute atomic E-state index is 0.784. The van der Waals surface area contributed by atoms with Crippen LogP contribution in [0.25, 0.3) is 12.2 Å². The van der Waals surface area contributed by atoms with Crippen molar-refractivity contribution in [1.29, 1.82) is 0 Å². The molecule has 2 aromatic carbocycles. The van der Waals surface area contributed by atoms with E-state index in [9.17, 15) is 0 Å². The van der Waals surface area contributed by atoms with Crippen molar-refractivity contribution < 1.29 is 4.74 Å². The maximum absolute atomic E-state index is 5.63. The minimum Gasteiger partial charge on any atom is -0.497 e. The fourth-order valence-electron chi connectivity index (χ4n) is 1.51. The van der Waals surface area contributed by atoms with E-state index in [2.05, 4.69) is 12.2 Å². The van der Waals surface area contributed by atoms with E-state index in [-0.39, 0.29) is 0 Å². The number of methoxy groups -OCH3 is 1. The van der Waals surface area contributed by atoms with Gasteiger partial charge in [0.15, 0.2) is 0 Å². The van der Waals surface area contributed by atoms with Crippen LogP contribution in [0.2, 0.25) is 0 Å². The van der Waals surface area contributed by atoms with Crippen molar-refractivity contribution in [1.82, 2.24) is 0 Å². The van der Waals surface area contributed by atoms with Gasteiger partial charge in [-0.25, -0.2) is 0 Å². The van der Waals surface area contributed by atoms with E-state index < -0.39 is 0 Å². The molecular weight excluding hydrogens is 234 g/mol. The van der Waals surface area contributed by atoms with Gasteiger partial charge in [0.05, 0.1) is 7.11 Å². The smallest absolute Gasteiger partial charge is 0.118 e. The van der Waals surface area contributed by atoms with Crippen molar-refractivity contribution >= 4 is 17.8 Å². The summed E-state index contributed by atoms with van der Waals surface area (Å²) in [6.07, 6.45) is 4.12. The number of hydrogen-bond acceptors (Lipinski definition) is 2. The van der Waals surface area contributed by atoms with Gasteiger partial charge in [0.1, 0.15) is 5.75 Å². The molecule has 0 radical (unpaired) electrons. The van der Waals surface area contributed by atoms with Gasteiger partial charge in [-0.05, 0) is 35.4 Å². The lowest BCUT2D eigenvalue weighted by Crippen LogP contribution is -1.83. The summed E-state index contributed by atoms with van der Waals surface area (Å²) in [7, 11) is 1.67. The van der Waals surface area contributed by atoms with Crippen LogP contribution in [-0.4, -0.2) is 7.11 Å². The van der Waals surface area contributed by atoms with Gasteiger partial charge in [-0.2, -0.15) is 0 Å². The van der Waals surface area contributed by atoms with Gasteiger partial charge in [-0.1, -0.05) is 50.3 Å². The zero-order chi connectivity index (χ0) is 14.1. The fraction of sp³-hybridized carbons (Fsp3) is 0.176. The number of rotatable bonds is 3. The second kappa shape index (κ2) is 7.98. The van der Waals surface area contributed by atoms with Crippen LogP contribution >= 0.6 is 0 Å². The highest BCUT2D eigenvalue weighted by molar-refractivity contribution is 5.70. The first kappa shape index (κ1) is 14.8. The third-order valence-corrected chi connectivity index (χ3v) is 2.52. The summed E-state index contributed by atoms with van der Waals surface area (Å²) < 4.78 is 5.11. The van der Waals surface area contributed by atoms with Crippen LogP contribution in [0.5, 0.6) is 5.75 Å². The number of nitrogen functional groups attached to an aromatic ring is 1. The van der Waals surface area contributed by atoms with Crippen LogP contribution < -0.4 is 10.5 Å². The van der Waals surface area contributed by atoms with Crippen LogP contribution in [-0.2, 0) is 0 Å². The molecule has 0 unspecified atom stereocenters. The standard InChI is InChI=1S/C15H15NO.C2H6/c1-17-15-10-6-13(7-11-15)3-2-12-4-8-14(16)9-5-12;1-2/h2-11H,16H2,1H3;1-2H3/b3-2+;. The molecule has 2 heteroatoms. The van der Waals surface area contributed by atoms with Crippen molar-refractivity contribution in [3.63, 3.8) is 0 Å². The van der Waals surface area contributed by atoms with Crippen LogP contribution in [0.1, 0.15) is 25.0 Å². The summed E-state index contributed by atoms with van der Waals surface area (Å²) >= 11 is 0. The van der Waals surface area contributed by atoms with E-state index in [1.54, 1.807) is 7.11 Å². The molecule has 100 valence electrons. The first-order chi connectivity index (χ1) is 9.28. The van der Waals surface area contributed by atoms with Crippen molar-refractivity contribution in [2.45, 2.75) is 13.8 Å². The van der Waals surface area contributed by atoms with Crippen molar-refractivity contribution in [3.05, 3.63) is 59.7 Å². The molecule has 0 fully saturated rings. The third kappa shape index (κ3) is 4.88. The predicted octanol–water partition coefficient (Wildman–Crippen LogP) is 4.47. The quantitative estimate of drug-likeness (QED) is 0.648. The van der Waals surface area contributed by atoms with Gasteiger partial charge in [0.2, 0.25) is 0 Å². The SMILES string of the molecule is CC.COc1ccc(/C=C/c2ccc(N)cc2)cc1. The fourth-order valence-corrected chi connectivity index (χ4v) is 1.51. The average molecular weight is 255 g/mol. The van der Waals surface area contributed by atoms with Crippen molar-refractivity contribution in [2.75, 3.05) is 12.8 Å². The summed E-state index contributed by atoms with van der Waals surface area (Å²) in [4.78, 5) is 0. The monoisotopic (exact) mass is 255 g/mol. The molecule has 0 aromatic heterocycles. The number of anilines is 1. The Balaban J connectivity index is 0.000000861. The van der Waals surface area contributed by atoms with E-state index >= 15 is 0 Å². The molecular formula is C17H21NO. The molecule has 2 rings (SSSR count). The van der Waals surface area contributed by atoms with Gasteiger partial charge in [-0.15, -0.1) is 0 Å². The highest BCUT2D eigenvalue weighted by Gasteiger charge is 1.91. The second-order valence-electron chi connectivity index (χ2n) is 3.77. The summed E-state index contributed by atoms with van der Waals surface area (Å²) in [5.74, 6) is 0.870. The number of nitrogens with two attached hydrogens (primary N) is 1. The maximum Gasteiger partial charge on any atom is 0.118 e. The summed E-state index contributed by atoms with van der Waals surface area (Å²) in [5.41, 5.74) is 8.69. The van der Waals surface area contributed by atoms with Gasteiger partial charge in [-0.3, -0.25) is 0 Å². The molecule has 0 saturated heterocycles. The van der Waals surface area contributed by atoms with Crippen LogP contribution in [0.15, 0.2) is 48.5 Å². The molecule has 0 aliphatic heterocycles. The van der Waals surface area contributed by atoms with Gasteiger partial charge in [0, 0.05) is 5.69 Å². The molecule has 0 spiro atoms. The summed E-state index contributed by atoms with van der Waals surface area (Å²) in [6.45, 7) is 4.00. The van der Waals surface area contributed by atoms with E-state index in [0.717, 1.165) is 22.6 Å². The van der Waals surface area contributed by atoms with E-state index in [1.165, 1.54) is 0 Å². The topological polar surface area (TPSA) is 35.2 Å². The van der Waals surface area contributed by atoms with Crippen molar-refractivity contribution in [2.24, 2.45) is 0 Å². The first-order valence-corrected chi connectivity index (χ1v) is 6.45. The lowest BCUT2D eigenvalue weighted by Gasteiger charge is -1.99. The van der Waals surface area contributed by atoms with Crippen LogP contribution in [0, 0.1) is 0 Å². The summed E-state index contributed by atoms with van der Waals surface area (Å²) in [5, 5.41) is 0. The van der Waals surface area contributed by atoms with Gasteiger partial charge in [0.25, 0.3) is 0 Å². The van der Waals surface area contributed by atoms with Gasteiger partial charge >= 0.3 is 0 Å². The highest BCUT2D eigenvalue weighted by Crippen LogP contribution is 2.14. The second-order valence-corrected chi connectivity index (χ2v) is 3.77. The Kier molecular flexibility index (Phi) is 6.23. The Morgan fingerprint density at radius 1 is 0.789 bits per heavy atom. The Hall–Kier alpha value is -2.22. The molecule has 2 nitrogen and oxygen atoms in total. The average Bonchev–Trinajstić information content (AvgIpc) is 2.49. The summed E-state index contributed by atoms with van der Waals surface area (Å²) in [6, 6.07) is 15.7. The van der Waals surface area contributed by atoms with E-state index in [1.807, 2.05) is 62.4 Å². The number of hydrogen-bond donors (Lipinski definition) is 1. The largest absolute Gasteiger partial charge is 0.497 e. The molecule has 0 saturated carbocycles. The van der Waals surface area contributed by atoms with E-state index in [4.69, 9.17) is 10.5 Å². The Labute approximate surface area is 115 Å². The lowest BCUT2D eigenvalue weighted by atomic mass is 10.1. The molecule has 0 heterocycles. The zero-order valence-electron chi connectivity index (χ0n) is 11.8. The molecule has 2 aromatic rings. The highest BCUT2D eigenvalue weighted by atomic mass is 16.5. The Morgan fingerprint density at radius 2 is 1.21 bits per heavy atom. The maximum atomic E-state index is 5.63. The third-order valence-electron chi connectivity index (χ3n) is 2.52. The normalized spacial score (nSPS) is 9.84. The number of ether oxygens (including phenoxy) is 1. The van der Waals surface area contributed by atoms with Crippen LogP contribution in [0.3, 0.4) is 0 Å². The molecule has 0 amide bonds. The molecule has 2 N–H and O–H groups in total. The minimum atomic E-state index is 0.784. The molecule has 19 heavy (non-hydrogen) atoms. The van der Waals surface area contributed by atoms with Crippen molar-refractivity contribution in [3.8, 4) is 5.75 Å². The predicted molar refractivity (Wildman–Crippen MR) is 84.1 cm³/mol. The van der Waals surface area contributed by atoms with Gasteiger partial charge < -0.3 is 10.5 Å². The van der Waals surface area contributed by atoms with Crippen LogP contribution in [0.4, 0.5) is 5.69 Å². The molecule has 0 bridgehead atoms. The number of benzene rings is 2. The molecule has 0 aliphatic carbocycles. The zero-order valence-corrected chi connectivity index (χ0v) is 11.8. The Bertz CT molecular complexity index is 498. The van der Waals surface area contributed by atoms with E-state index in [0.29, 0.717) is 0 Å². The first-order valence-electron chi connectivity index (χ1n) is 6.45. The Morgan fingerprint density at radius 3 is 1.63 bits per heavy atom.